The van der Waals surface area contributed by atoms with Crippen molar-refractivity contribution in [2.75, 3.05) is 11.6 Å². The molecule has 1 fully saturated rings. The number of nitrogens with zero attached hydrogens (tertiary/aromatic N) is 1. The monoisotopic (exact) mass is 349 g/mol. The van der Waals surface area contributed by atoms with E-state index in [1.165, 1.54) is 0 Å². The minimum absolute atomic E-state index is 0.0304. The molecule has 1 saturated carbocycles. The molecular weight excluding hydrogens is 330 g/mol. The summed E-state index contributed by atoms with van der Waals surface area (Å²) in [6, 6.07) is 6.80. The van der Waals surface area contributed by atoms with Crippen LogP contribution >= 0.6 is 11.3 Å². The van der Waals surface area contributed by atoms with E-state index in [2.05, 4.69) is 15.6 Å². The van der Waals surface area contributed by atoms with Crippen molar-refractivity contribution in [2.45, 2.75) is 30.7 Å². The van der Waals surface area contributed by atoms with E-state index in [0.29, 0.717) is 16.5 Å². The summed E-state index contributed by atoms with van der Waals surface area (Å²) < 4.78 is 11.5. The van der Waals surface area contributed by atoms with E-state index in [1.54, 1.807) is 41.9 Å². The van der Waals surface area contributed by atoms with Gasteiger partial charge in [0.25, 0.3) is 0 Å². The molecule has 1 heterocycles. The molecule has 2 atom stereocenters. The van der Waals surface area contributed by atoms with E-state index in [-0.39, 0.29) is 12.1 Å². The SMILES string of the molecule is Cc1csc(C(NC(=O)Nc2cccc(S(C)=O)c2)C2CC2)n1. The topological polar surface area (TPSA) is 71.1 Å². The molecule has 0 aliphatic heterocycles. The average molecular weight is 349 g/mol. The van der Waals surface area contributed by atoms with Crippen LogP contribution in [0, 0.1) is 12.8 Å². The van der Waals surface area contributed by atoms with Crippen LogP contribution in [0.4, 0.5) is 10.5 Å². The summed E-state index contributed by atoms with van der Waals surface area (Å²) in [5, 5.41) is 8.81. The molecule has 7 heteroatoms. The van der Waals surface area contributed by atoms with E-state index >= 15 is 0 Å². The largest absolute Gasteiger partial charge is 0.328 e. The van der Waals surface area contributed by atoms with Gasteiger partial charge < -0.3 is 10.6 Å². The Hall–Kier alpha value is -1.73. The summed E-state index contributed by atoms with van der Waals surface area (Å²) in [6.45, 7) is 1.96. The number of urea groups is 1. The standard InChI is InChI=1S/C16H19N3O2S2/c1-10-9-22-15(17-10)14(11-6-7-11)19-16(20)18-12-4-3-5-13(8-12)23(2)21/h3-5,8-9,11,14H,6-7H2,1-2H3,(H2,18,19,20). The number of hydrogen-bond donors (Lipinski definition) is 2. The smallest absolute Gasteiger partial charge is 0.319 e. The van der Waals surface area contributed by atoms with Crippen molar-refractivity contribution in [2.24, 2.45) is 5.92 Å². The van der Waals surface area contributed by atoms with Gasteiger partial charge in [0.05, 0.1) is 6.04 Å². The van der Waals surface area contributed by atoms with Crippen LogP contribution in [0.2, 0.25) is 0 Å². The van der Waals surface area contributed by atoms with Gasteiger partial charge in [-0.1, -0.05) is 6.07 Å². The molecule has 1 aromatic carbocycles. The zero-order valence-corrected chi connectivity index (χ0v) is 14.7. The van der Waals surface area contributed by atoms with Gasteiger partial charge >= 0.3 is 6.03 Å². The third-order valence-electron chi connectivity index (χ3n) is 3.71. The van der Waals surface area contributed by atoms with Gasteiger partial charge in [-0.2, -0.15) is 0 Å². The van der Waals surface area contributed by atoms with Crippen LogP contribution in [-0.2, 0) is 10.8 Å². The predicted molar refractivity (Wildman–Crippen MR) is 93.2 cm³/mol. The molecule has 122 valence electrons. The van der Waals surface area contributed by atoms with Crippen LogP contribution in [0.25, 0.3) is 0 Å². The Bertz CT molecular complexity index is 740. The normalized spacial score (nSPS) is 16.6. The molecular formula is C16H19N3O2S2. The number of thiazole rings is 1. The summed E-state index contributed by atoms with van der Waals surface area (Å²) in [4.78, 5) is 17.5. The molecule has 0 radical (unpaired) electrons. The van der Waals surface area contributed by atoms with Gasteiger partial charge in [-0.3, -0.25) is 4.21 Å². The third kappa shape index (κ3) is 4.17. The number of carbonyl (C=O) groups excluding carboxylic acids is 1. The Morgan fingerprint density at radius 1 is 1.43 bits per heavy atom. The lowest BCUT2D eigenvalue weighted by Gasteiger charge is -2.16. The minimum atomic E-state index is -1.07. The first-order valence-corrected chi connectivity index (χ1v) is 9.90. The Balaban J connectivity index is 1.68. The molecule has 1 aromatic heterocycles. The number of anilines is 1. The second-order valence-corrected chi connectivity index (χ2v) is 7.99. The number of rotatable bonds is 5. The molecule has 1 aliphatic carbocycles. The number of aryl methyl sites for hydroxylation is 1. The van der Waals surface area contributed by atoms with Crippen LogP contribution in [0.5, 0.6) is 0 Å². The maximum Gasteiger partial charge on any atom is 0.319 e. The number of nitrogens with one attached hydrogen (secondary N) is 2. The Labute approximate surface area is 142 Å². The molecule has 23 heavy (non-hydrogen) atoms. The van der Waals surface area contributed by atoms with Gasteiger partial charge in [-0.15, -0.1) is 11.3 Å². The van der Waals surface area contributed by atoms with Crippen LogP contribution in [0.1, 0.15) is 29.6 Å². The molecule has 2 N–H and O–H groups in total. The summed E-state index contributed by atoms with van der Waals surface area (Å²) in [5.74, 6) is 0.473. The Morgan fingerprint density at radius 2 is 2.22 bits per heavy atom. The maximum absolute atomic E-state index is 12.3. The molecule has 3 rings (SSSR count). The minimum Gasteiger partial charge on any atom is -0.328 e. The lowest BCUT2D eigenvalue weighted by atomic mass is 10.2. The average Bonchev–Trinajstić information content (AvgIpc) is 3.26. The highest BCUT2D eigenvalue weighted by atomic mass is 32.2. The van der Waals surface area contributed by atoms with E-state index in [1.807, 2.05) is 12.3 Å². The number of carbonyl (C=O) groups is 1. The summed E-state index contributed by atoms with van der Waals surface area (Å²) in [6.07, 6.45) is 3.86. The van der Waals surface area contributed by atoms with Gasteiger partial charge in [-0.05, 0) is 43.9 Å². The Kier molecular flexibility index (Phi) is 4.77. The molecule has 0 saturated heterocycles. The number of aromatic nitrogens is 1. The van der Waals surface area contributed by atoms with Gasteiger partial charge in [0.2, 0.25) is 0 Å². The highest BCUT2D eigenvalue weighted by molar-refractivity contribution is 7.84. The Morgan fingerprint density at radius 3 is 2.83 bits per heavy atom. The zero-order valence-electron chi connectivity index (χ0n) is 13.0. The summed E-state index contributed by atoms with van der Waals surface area (Å²) in [7, 11) is -1.07. The van der Waals surface area contributed by atoms with Crippen molar-refractivity contribution in [1.82, 2.24) is 10.3 Å². The maximum atomic E-state index is 12.3. The number of hydrogen-bond acceptors (Lipinski definition) is 4. The van der Waals surface area contributed by atoms with E-state index in [4.69, 9.17) is 0 Å². The van der Waals surface area contributed by atoms with E-state index in [9.17, 15) is 9.00 Å². The molecule has 2 aromatic rings. The molecule has 2 unspecified atom stereocenters. The van der Waals surface area contributed by atoms with Gasteiger partial charge in [0, 0.05) is 38.7 Å². The fraction of sp³-hybridized carbons (Fsp3) is 0.375. The van der Waals surface area contributed by atoms with Crippen molar-refractivity contribution in [1.29, 1.82) is 0 Å². The van der Waals surface area contributed by atoms with Gasteiger partial charge in [0.1, 0.15) is 5.01 Å². The number of amides is 2. The second kappa shape index (κ2) is 6.80. The zero-order chi connectivity index (χ0) is 16.4. The van der Waals surface area contributed by atoms with Crippen molar-refractivity contribution in [3.63, 3.8) is 0 Å². The van der Waals surface area contributed by atoms with Crippen molar-refractivity contribution < 1.29 is 9.00 Å². The fourth-order valence-corrected chi connectivity index (χ4v) is 3.89. The van der Waals surface area contributed by atoms with Crippen LogP contribution in [-0.4, -0.2) is 21.5 Å². The van der Waals surface area contributed by atoms with Crippen molar-refractivity contribution in [3.05, 3.63) is 40.3 Å². The second-order valence-electron chi connectivity index (χ2n) is 5.72. The first-order chi connectivity index (χ1) is 11.0. The molecule has 0 spiro atoms. The lowest BCUT2D eigenvalue weighted by Crippen LogP contribution is -2.33. The third-order valence-corrected chi connectivity index (χ3v) is 5.67. The molecule has 0 bridgehead atoms. The van der Waals surface area contributed by atoms with Crippen molar-refractivity contribution >= 4 is 33.9 Å². The van der Waals surface area contributed by atoms with E-state index < -0.39 is 10.8 Å². The van der Waals surface area contributed by atoms with Crippen LogP contribution in [0.15, 0.2) is 34.5 Å². The highest BCUT2D eigenvalue weighted by Gasteiger charge is 2.35. The fourth-order valence-electron chi connectivity index (χ4n) is 2.39. The summed E-state index contributed by atoms with van der Waals surface area (Å²) >= 11 is 1.59. The quantitative estimate of drug-likeness (QED) is 0.868. The predicted octanol–water partition coefficient (Wildman–Crippen LogP) is 3.46. The first-order valence-electron chi connectivity index (χ1n) is 7.46. The molecule has 5 nitrogen and oxygen atoms in total. The molecule has 1 aliphatic rings. The summed E-state index contributed by atoms with van der Waals surface area (Å²) in [5.41, 5.74) is 1.62. The van der Waals surface area contributed by atoms with Gasteiger partial charge in [-0.25, -0.2) is 9.78 Å². The number of benzene rings is 1. The van der Waals surface area contributed by atoms with E-state index in [0.717, 1.165) is 23.5 Å². The van der Waals surface area contributed by atoms with Crippen LogP contribution < -0.4 is 10.6 Å². The van der Waals surface area contributed by atoms with Crippen molar-refractivity contribution in [3.8, 4) is 0 Å². The first kappa shape index (κ1) is 16.1. The lowest BCUT2D eigenvalue weighted by molar-refractivity contribution is 0.247. The molecule has 2 amide bonds. The highest BCUT2D eigenvalue weighted by Crippen LogP contribution is 2.41. The van der Waals surface area contributed by atoms with Gasteiger partial charge in [0.15, 0.2) is 0 Å². The van der Waals surface area contributed by atoms with Crippen LogP contribution in [0.3, 0.4) is 0 Å².